The fraction of sp³-hybridized carbons (Fsp3) is 0.259. The van der Waals surface area contributed by atoms with Crippen molar-refractivity contribution in [2.45, 2.75) is 31.5 Å². The predicted molar refractivity (Wildman–Crippen MR) is 138 cm³/mol. The van der Waals surface area contributed by atoms with E-state index in [0.29, 0.717) is 24.1 Å². The highest BCUT2D eigenvalue weighted by atomic mass is 35.5. The number of H-pyrrole nitrogens is 1. The molecule has 4 aromatic rings. The van der Waals surface area contributed by atoms with Gasteiger partial charge < -0.3 is 14.6 Å². The lowest BCUT2D eigenvalue weighted by atomic mass is 10.0. The van der Waals surface area contributed by atoms with E-state index < -0.39 is 23.5 Å². The first kappa shape index (κ1) is 27.1. The molecule has 0 atom stereocenters. The van der Waals surface area contributed by atoms with E-state index in [2.05, 4.69) is 4.98 Å². The Balaban J connectivity index is 1.28. The lowest BCUT2D eigenvalue weighted by Gasteiger charge is -2.32. The van der Waals surface area contributed by atoms with Gasteiger partial charge in [0.1, 0.15) is 28.3 Å². The van der Waals surface area contributed by atoms with Gasteiger partial charge in [0.2, 0.25) is 0 Å². The number of rotatable bonds is 5. The van der Waals surface area contributed by atoms with E-state index in [4.69, 9.17) is 27.9 Å². The fourth-order valence-electron chi connectivity index (χ4n) is 4.66. The second-order valence-corrected chi connectivity index (χ2v) is 10.0. The van der Waals surface area contributed by atoms with Crippen LogP contribution in [-0.2, 0) is 12.6 Å². The summed E-state index contributed by atoms with van der Waals surface area (Å²) in [6.45, 7) is 0.508. The highest BCUT2D eigenvalue weighted by Gasteiger charge is 2.31. The molecule has 5 rings (SSSR count). The zero-order chi connectivity index (χ0) is 27.9. The average Bonchev–Trinajstić information content (AvgIpc) is 3.21. The largest absolute Gasteiger partial charge is 0.490 e. The summed E-state index contributed by atoms with van der Waals surface area (Å²) in [4.78, 5) is 29.5. The summed E-state index contributed by atoms with van der Waals surface area (Å²) in [6, 6.07) is 10.3. The third kappa shape index (κ3) is 5.62. The van der Waals surface area contributed by atoms with Crippen molar-refractivity contribution >= 4 is 34.6 Å². The number of nitrogens with zero attached hydrogens (tertiary/aromatic N) is 2. The molecule has 0 radical (unpaired) electrons. The van der Waals surface area contributed by atoms with Crippen molar-refractivity contribution < 1.29 is 27.1 Å². The molecule has 3 heterocycles. The Labute approximate surface area is 229 Å². The summed E-state index contributed by atoms with van der Waals surface area (Å²) in [5.41, 5.74) is 0.171. The monoisotopic (exact) mass is 581 g/mol. The van der Waals surface area contributed by atoms with Crippen LogP contribution in [0.15, 0.2) is 59.5 Å². The number of hydrogen-bond donors (Lipinski definition) is 1. The Bertz CT molecular complexity index is 1610. The van der Waals surface area contributed by atoms with Crippen LogP contribution in [0.4, 0.5) is 17.6 Å². The Kier molecular flexibility index (Phi) is 7.35. The lowest BCUT2D eigenvalue weighted by Crippen LogP contribution is -2.42. The quantitative estimate of drug-likeness (QED) is 0.279. The highest BCUT2D eigenvalue weighted by Crippen LogP contribution is 2.32. The minimum absolute atomic E-state index is 0.105. The molecule has 0 unspecified atom stereocenters. The lowest BCUT2D eigenvalue weighted by molar-refractivity contribution is -0.137. The van der Waals surface area contributed by atoms with Crippen molar-refractivity contribution in [2.75, 3.05) is 13.1 Å². The van der Waals surface area contributed by atoms with Crippen molar-refractivity contribution in [3.8, 4) is 5.75 Å². The molecule has 204 valence electrons. The SMILES string of the molecule is O=C(c1cc(Cc2c[nH]c(=O)c3cc(Cl)c(Cl)n23)ccc1F)N1CCC(Oc2cccc(C(F)(F)F)c2)CC1. The molecule has 0 bridgehead atoms. The van der Waals surface area contributed by atoms with Crippen LogP contribution in [0, 0.1) is 5.82 Å². The van der Waals surface area contributed by atoms with Crippen molar-refractivity contribution in [1.29, 1.82) is 0 Å². The predicted octanol–water partition coefficient (Wildman–Crippen LogP) is 6.37. The number of halogens is 6. The van der Waals surface area contributed by atoms with E-state index in [1.54, 1.807) is 0 Å². The molecular weight excluding hydrogens is 561 g/mol. The van der Waals surface area contributed by atoms with Crippen LogP contribution in [0.2, 0.25) is 10.2 Å². The van der Waals surface area contributed by atoms with Gasteiger partial charge in [0.05, 0.1) is 16.1 Å². The van der Waals surface area contributed by atoms with Crippen LogP contribution < -0.4 is 10.3 Å². The molecule has 1 aliphatic rings. The molecular formula is C27H21Cl2F4N3O3. The van der Waals surface area contributed by atoms with Crippen LogP contribution in [0.3, 0.4) is 0 Å². The number of piperidine rings is 1. The molecule has 1 N–H and O–H groups in total. The number of fused-ring (bicyclic) bond motifs is 1. The summed E-state index contributed by atoms with van der Waals surface area (Å²) in [5, 5.41) is 0.381. The minimum atomic E-state index is -4.47. The van der Waals surface area contributed by atoms with Gasteiger partial charge in [-0.05, 0) is 42.0 Å². The van der Waals surface area contributed by atoms with Gasteiger partial charge in [-0.3, -0.25) is 14.0 Å². The Morgan fingerprint density at radius 3 is 2.54 bits per heavy atom. The van der Waals surface area contributed by atoms with Crippen molar-refractivity contribution in [3.05, 3.63) is 103 Å². The molecule has 0 spiro atoms. The molecule has 0 aliphatic carbocycles. The first-order valence-electron chi connectivity index (χ1n) is 12.0. The van der Waals surface area contributed by atoms with E-state index in [0.717, 1.165) is 12.1 Å². The van der Waals surface area contributed by atoms with Gasteiger partial charge in [0, 0.05) is 44.2 Å². The van der Waals surface area contributed by atoms with Crippen LogP contribution in [0.25, 0.3) is 5.52 Å². The molecule has 0 saturated carbocycles. The van der Waals surface area contributed by atoms with E-state index in [-0.39, 0.29) is 58.2 Å². The van der Waals surface area contributed by atoms with Gasteiger partial charge in [-0.25, -0.2) is 4.39 Å². The summed E-state index contributed by atoms with van der Waals surface area (Å²) in [7, 11) is 0. The number of ether oxygens (including phenoxy) is 1. The van der Waals surface area contributed by atoms with Crippen LogP contribution >= 0.6 is 23.2 Å². The number of likely N-dealkylation sites (tertiary alicyclic amines) is 1. The zero-order valence-electron chi connectivity index (χ0n) is 20.2. The molecule has 1 aliphatic heterocycles. The van der Waals surface area contributed by atoms with Gasteiger partial charge in [0.25, 0.3) is 11.5 Å². The van der Waals surface area contributed by atoms with Gasteiger partial charge in [-0.2, -0.15) is 13.2 Å². The highest BCUT2D eigenvalue weighted by molar-refractivity contribution is 6.42. The molecule has 1 saturated heterocycles. The van der Waals surface area contributed by atoms with Gasteiger partial charge in [0.15, 0.2) is 0 Å². The third-order valence-electron chi connectivity index (χ3n) is 6.63. The maximum Gasteiger partial charge on any atom is 0.416 e. The fourth-order valence-corrected chi connectivity index (χ4v) is 5.10. The molecule has 12 heteroatoms. The number of nitrogens with one attached hydrogen (secondary N) is 1. The van der Waals surface area contributed by atoms with Crippen molar-refractivity contribution in [2.24, 2.45) is 0 Å². The maximum absolute atomic E-state index is 14.7. The molecule has 2 aromatic carbocycles. The molecule has 1 fully saturated rings. The van der Waals surface area contributed by atoms with Gasteiger partial charge in [-0.15, -0.1) is 0 Å². The Hall–Kier alpha value is -3.50. The van der Waals surface area contributed by atoms with E-state index in [1.807, 2.05) is 0 Å². The number of aromatic nitrogens is 2. The Morgan fingerprint density at radius 2 is 1.82 bits per heavy atom. The summed E-state index contributed by atoms with van der Waals surface area (Å²) >= 11 is 12.4. The Morgan fingerprint density at radius 1 is 1.08 bits per heavy atom. The minimum Gasteiger partial charge on any atom is -0.490 e. The normalized spacial score (nSPS) is 14.7. The second-order valence-electron chi connectivity index (χ2n) is 9.24. The first-order chi connectivity index (χ1) is 18.5. The van der Waals surface area contributed by atoms with Crippen molar-refractivity contribution in [1.82, 2.24) is 14.3 Å². The zero-order valence-corrected chi connectivity index (χ0v) is 21.7. The molecule has 2 aromatic heterocycles. The number of alkyl halides is 3. The average molecular weight is 582 g/mol. The number of aromatic amines is 1. The summed E-state index contributed by atoms with van der Waals surface area (Å²) in [6.07, 6.45) is -2.38. The van der Waals surface area contributed by atoms with Gasteiger partial charge >= 0.3 is 6.18 Å². The maximum atomic E-state index is 14.7. The summed E-state index contributed by atoms with van der Waals surface area (Å²) in [5.74, 6) is -1.07. The summed E-state index contributed by atoms with van der Waals surface area (Å²) < 4.78 is 60.9. The third-order valence-corrected chi connectivity index (χ3v) is 7.38. The van der Waals surface area contributed by atoms with E-state index in [9.17, 15) is 27.2 Å². The van der Waals surface area contributed by atoms with E-state index >= 15 is 0 Å². The van der Waals surface area contributed by atoms with E-state index in [1.165, 1.54) is 51.9 Å². The number of benzene rings is 2. The number of hydrogen-bond acceptors (Lipinski definition) is 3. The number of carbonyl (C=O) groups excluding carboxylic acids is 1. The first-order valence-corrected chi connectivity index (χ1v) is 12.8. The van der Waals surface area contributed by atoms with Crippen molar-refractivity contribution in [3.63, 3.8) is 0 Å². The molecule has 6 nitrogen and oxygen atoms in total. The number of amides is 1. The standard InChI is InChI=1S/C27H21Cl2F4N3O3/c28-21-13-23-25(37)34-14-17(36(23)24(21)29)10-15-4-5-22(30)20(11-15)26(38)35-8-6-18(7-9-35)39-19-3-1-2-16(12-19)27(31,32)33/h1-5,11-14,18H,6-10H2,(H,34,37). The van der Waals surface area contributed by atoms with Crippen LogP contribution in [0.1, 0.15) is 40.0 Å². The van der Waals surface area contributed by atoms with Crippen LogP contribution in [0.5, 0.6) is 5.75 Å². The molecule has 39 heavy (non-hydrogen) atoms. The van der Waals surface area contributed by atoms with Gasteiger partial charge in [-0.1, -0.05) is 35.3 Å². The topological polar surface area (TPSA) is 66.8 Å². The number of carbonyl (C=O) groups is 1. The molecule has 1 amide bonds. The second kappa shape index (κ2) is 10.6. The smallest absolute Gasteiger partial charge is 0.416 e. The van der Waals surface area contributed by atoms with Crippen LogP contribution in [-0.4, -0.2) is 39.4 Å².